The van der Waals surface area contributed by atoms with Crippen molar-refractivity contribution in [3.05, 3.63) is 35.1 Å². The summed E-state index contributed by atoms with van der Waals surface area (Å²) in [4.78, 5) is 0. The first-order chi connectivity index (χ1) is 6.16. The van der Waals surface area contributed by atoms with E-state index in [9.17, 15) is 4.39 Å². The standard InChI is InChI=1S/C11H14FN/c1-8-5-9(7-10(12)6-8)11(13-2)3-4-11/h5-7,13H,3-4H2,1-2H3. The van der Waals surface area contributed by atoms with E-state index in [0.29, 0.717) is 0 Å². The summed E-state index contributed by atoms with van der Waals surface area (Å²) < 4.78 is 13.1. The fraction of sp³-hybridized carbons (Fsp3) is 0.455. The van der Waals surface area contributed by atoms with Gasteiger partial charge in [-0.05, 0) is 50.1 Å². The molecule has 0 saturated heterocycles. The van der Waals surface area contributed by atoms with Crippen LogP contribution in [0, 0.1) is 12.7 Å². The summed E-state index contributed by atoms with van der Waals surface area (Å²) in [5.41, 5.74) is 2.16. The van der Waals surface area contributed by atoms with Crippen LogP contribution in [-0.2, 0) is 5.54 Å². The number of hydrogen-bond acceptors (Lipinski definition) is 1. The second-order valence-corrected chi connectivity index (χ2v) is 3.85. The Morgan fingerprint density at radius 3 is 2.46 bits per heavy atom. The minimum Gasteiger partial charge on any atom is -0.310 e. The molecule has 70 valence electrons. The molecular weight excluding hydrogens is 165 g/mol. The minimum atomic E-state index is -0.128. The maximum Gasteiger partial charge on any atom is 0.123 e. The lowest BCUT2D eigenvalue weighted by Crippen LogP contribution is -2.24. The van der Waals surface area contributed by atoms with Crippen molar-refractivity contribution in [2.24, 2.45) is 0 Å². The molecule has 1 aromatic carbocycles. The predicted octanol–water partition coefficient (Wildman–Crippen LogP) is 2.34. The molecule has 1 fully saturated rings. The van der Waals surface area contributed by atoms with Gasteiger partial charge in [0.05, 0.1) is 0 Å². The second kappa shape index (κ2) is 2.81. The highest BCUT2D eigenvalue weighted by molar-refractivity contribution is 5.33. The molecule has 0 aromatic heterocycles. The fourth-order valence-electron chi connectivity index (χ4n) is 1.82. The summed E-state index contributed by atoms with van der Waals surface area (Å²) in [6, 6.07) is 5.26. The molecule has 0 unspecified atom stereocenters. The zero-order valence-electron chi connectivity index (χ0n) is 8.02. The van der Waals surface area contributed by atoms with Gasteiger partial charge in [0, 0.05) is 5.54 Å². The Labute approximate surface area is 78.0 Å². The largest absolute Gasteiger partial charge is 0.310 e. The van der Waals surface area contributed by atoms with Crippen LogP contribution in [0.5, 0.6) is 0 Å². The van der Waals surface area contributed by atoms with Gasteiger partial charge in [0.25, 0.3) is 0 Å². The maximum absolute atomic E-state index is 13.1. The first-order valence-corrected chi connectivity index (χ1v) is 4.63. The zero-order chi connectivity index (χ0) is 9.47. The van der Waals surface area contributed by atoms with Crippen LogP contribution in [-0.4, -0.2) is 7.05 Å². The Hall–Kier alpha value is -0.890. The van der Waals surface area contributed by atoms with E-state index in [-0.39, 0.29) is 11.4 Å². The van der Waals surface area contributed by atoms with E-state index in [1.165, 1.54) is 0 Å². The van der Waals surface area contributed by atoms with E-state index in [1.807, 2.05) is 14.0 Å². The van der Waals surface area contributed by atoms with Crippen molar-refractivity contribution in [3.8, 4) is 0 Å². The summed E-state index contributed by atoms with van der Waals surface area (Å²) in [6.45, 7) is 1.93. The molecule has 0 bridgehead atoms. The average molecular weight is 179 g/mol. The van der Waals surface area contributed by atoms with Gasteiger partial charge < -0.3 is 5.32 Å². The minimum absolute atomic E-state index is 0.0762. The van der Waals surface area contributed by atoms with Gasteiger partial charge in [0.15, 0.2) is 0 Å². The molecule has 2 rings (SSSR count). The molecule has 0 aliphatic heterocycles. The quantitative estimate of drug-likeness (QED) is 0.734. The summed E-state index contributed by atoms with van der Waals surface area (Å²) >= 11 is 0. The molecular formula is C11H14FN. The number of rotatable bonds is 2. The molecule has 2 heteroatoms. The first-order valence-electron chi connectivity index (χ1n) is 4.63. The van der Waals surface area contributed by atoms with Crippen molar-refractivity contribution in [1.82, 2.24) is 5.32 Å². The van der Waals surface area contributed by atoms with Gasteiger partial charge in [-0.2, -0.15) is 0 Å². The Morgan fingerprint density at radius 1 is 1.31 bits per heavy atom. The van der Waals surface area contributed by atoms with Gasteiger partial charge >= 0.3 is 0 Å². The molecule has 1 aliphatic rings. The second-order valence-electron chi connectivity index (χ2n) is 3.85. The molecule has 1 saturated carbocycles. The molecule has 0 atom stereocenters. The SMILES string of the molecule is CNC1(c2cc(C)cc(F)c2)CC1. The smallest absolute Gasteiger partial charge is 0.123 e. The van der Waals surface area contributed by atoms with Gasteiger partial charge in [-0.25, -0.2) is 4.39 Å². The third kappa shape index (κ3) is 1.46. The third-order valence-electron chi connectivity index (χ3n) is 2.82. The molecule has 0 radical (unpaired) electrons. The number of hydrogen-bond donors (Lipinski definition) is 1. The van der Waals surface area contributed by atoms with E-state index >= 15 is 0 Å². The highest BCUT2D eigenvalue weighted by Gasteiger charge is 2.42. The van der Waals surface area contributed by atoms with E-state index in [0.717, 1.165) is 24.0 Å². The zero-order valence-corrected chi connectivity index (χ0v) is 8.02. The summed E-state index contributed by atoms with van der Waals surface area (Å²) in [5, 5.41) is 3.26. The lowest BCUT2D eigenvalue weighted by Gasteiger charge is -2.15. The van der Waals surface area contributed by atoms with Gasteiger partial charge in [0.1, 0.15) is 5.82 Å². The van der Waals surface area contributed by atoms with E-state index in [4.69, 9.17) is 0 Å². The number of benzene rings is 1. The number of aryl methyl sites for hydroxylation is 1. The Balaban J connectivity index is 2.40. The molecule has 0 spiro atoms. The molecule has 1 aromatic rings. The molecule has 0 heterocycles. The number of nitrogens with one attached hydrogen (secondary N) is 1. The lowest BCUT2D eigenvalue weighted by molar-refractivity contribution is 0.570. The Kier molecular flexibility index (Phi) is 1.88. The van der Waals surface area contributed by atoms with Crippen LogP contribution in [0.1, 0.15) is 24.0 Å². The van der Waals surface area contributed by atoms with E-state index < -0.39 is 0 Å². The monoisotopic (exact) mass is 179 g/mol. The van der Waals surface area contributed by atoms with Crippen molar-refractivity contribution in [1.29, 1.82) is 0 Å². The van der Waals surface area contributed by atoms with Gasteiger partial charge in [0.2, 0.25) is 0 Å². The molecule has 1 nitrogen and oxygen atoms in total. The van der Waals surface area contributed by atoms with Crippen LogP contribution >= 0.6 is 0 Å². The highest BCUT2D eigenvalue weighted by Crippen LogP contribution is 2.45. The van der Waals surface area contributed by atoms with Crippen molar-refractivity contribution in [2.75, 3.05) is 7.05 Å². The Bertz CT molecular complexity index is 309. The molecule has 1 aliphatic carbocycles. The van der Waals surface area contributed by atoms with Gasteiger partial charge in [-0.1, -0.05) is 6.07 Å². The van der Waals surface area contributed by atoms with Gasteiger partial charge in [-0.15, -0.1) is 0 Å². The normalized spacial score (nSPS) is 18.7. The molecule has 13 heavy (non-hydrogen) atoms. The Morgan fingerprint density at radius 2 is 2.00 bits per heavy atom. The molecule has 0 amide bonds. The van der Waals surface area contributed by atoms with Crippen LogP contribution < -0.4 is 5.32 Å². The first kappa shape index (κ1) is 8.70. The average Bonchev–Trinajstić information content (AvgIpc) is 2.82. The van der Waals surface area contributed by atoms with Crippen LogP contribution in [0.25, 0.3) is 0 Å². The fourth-order valence-corrected chi connectivity index (χ4v) is 1.82. The van der Waals surface area contributed by atoms with Crippen molar-refractivity contribution in [2.45, 2.75) is 25.3 Å². The van der Waals surface area contributed by atoms with Crippen LogP contribution in [0.15, 0.2) is 18.2 Å². The summed E-state index contributed by atoms with van der Waals surface area (Å²) in [5.74, 6) is -0.128. The highest BCUT2D eigenvalue weighted by atomic mass is 19.1. The summed E-state index contributed by atoms with van der Waals surface area (Å²) in [7, 11) is 1.94. The number of halogens is 1. The lowest BCUT2D eigenvalue weighted by atomic mass is 10.0. The van der Waals surface area contributed by atoms with Crippen LogP contribution in [0.2, 0.25) is 0 Å². The predicted molar refractivity (Wildman–Crippen MR) is 51.1 cm³/mol. The van der Waals surface area contributed by atoms with E-state index in [1.54, 1.807) is 12.1 Å². The van der Waals surface area contributed by atoms with Crippen LogP contribution in [0.3, 0.4) is 0 Å². The topological polar surface area (TPSA) is 12.0 Å². The summed E-state index contributed by atoms with van der Waals surface area (Å²) in [6.07, 6.45) is 2.23. The third-order valence-corrected chi connectivity index (χ3v) is 2.82. The van der Waals surface area contributed by atoms with Crippen molar-refractivity contribution < 1.29 is 4.39 Å². The van der Waals surface area contributed by atoms with E-state index in [2.05, 4.69) is 11.4 Å². The maximum atomic E-state index is 13.1. The van der Waals surface area contributed by atoms with Gasteiger partial charge in [-0.3, -0.25) is 0 Å². The van der Waals surface area contributed by atoms with Crippen molar-refractivity contribution in [3.63, 3.8) is 0 Å². The van der Waals surface area contributed by atoms with Crippen molar-refractivity contribution >= 4 is 0 Å². The van der Waals surface area contributed by atoms with Crippen LogP contribution in [0.4, 0.5) is 4.39 Å². The molecule has 1 N–H and O–H groups in total.